The van der Waals surface area contributed by atoms with Crippen molar-refractivity contribution in [3.8, 4) is 0 Å². The number of benzene rings is 1. The number of nitrogens with one attached hydrogen (secondary N) is 1. The molecular weight excluding hydrogens is 322 g/mol. The number of H-pyrrole nitrogens is 1. The minimum atomic E-state index is -3.33. The van der Waals surface area contributed by atoms with E-state index in [0.717, 1.165) is 18.7 Å². The zero-order valence-electron chi connectivity index (χ0n) is 12.1. The van der Waals surface area contributed by atoms with Crippen molar-refractivity contribution in [2.75, 3.05) is 13.1 Å². The summed E-state index contributed by atoms with van der Waals surface area (Å²) in [4.78, 5) is 7.38. The van der Waals surface area contributed by atoms with Crippen molar-refractivity contribution in [3.63, 3.8) is 0 Å². The van der Waals surface area contributed by atoms with E-state index >= 15 is 0 Å². The molecule has 1 fully saturated rings. The SMILES string of the molecule is O=S(=O)(Cc1ccccc1Cl)N1CCC(c2ncc[nH]2)CC1. The van der Waals surface area contributed by atoms with Crippen molar-refractivity contribution in [3.05, 3.63) is 53.1 Å². The summed E-state index contributed by atoms with van der Waals surface area (Å²) in [5.41, 5.74) is 0.650. The second-order valence-electron chi connectivity index (χ2n) is 5.50. The minimum absolute atomic E-state index is 0.0436. The van der Waals surface area contributed by atoms with Gasteiger partial charge in [0.15, 0.2) is 0 Å². The summed E-state index contributed by atoms with van der Waals surface area (Å²) in [7, 11) is -3.33. The molecule has 0 spiro atoms. The first-order valence-electron chi connectivity index (χ1n) is 7.27. The Kier molecular flexibility index (Phi) is 4.52. The Bertz CT molecular complexity index is 723. The van der Waals surface area contributed by atoms with Crippen molar-refractivity contribution in [1.82, 2.24) is 14.3 Å². The van der Waals surface area contributed by atoms with Gasteiger partial charge >= 0.3 is 0 Å². The zero-order valence-corrected chi connectivity index (χ0v) is 13.6. The number of rotatable bonds is 4. The van der Waals surface area contributed by atoms with E-state index < -0.39 is 10.0 Å². The van der Waals surface area contributed by atoms with Crippen LogP contribution in [-0.2, 0) is 15.8 Å². The molecule has 118 valence electrons. The van der Waals surface area contributed by atoms with E-state index in [1.54, 1.807) is 41.0 Å². The number of nitrogens with zero attached hydrogens (tertiary/aromatic N) is 2. The molecule has 0 unspecified atom stereocenters. The molecule has 1 aromatic heterocycles. The van der Waals surface area contributed by atoms with Gasteiger partial charge in [-0.2, -0.15) is 0 Å². The van der Waals surface area contributed by atoms with Gasteiger partial charge in [-0.05, 0) is 24.5 Å². The highest BCUT2D eigenvalue weighted by Crippen LogP contribution is 2.28. The van der Waals surface area contributed by atoms with Gasteiger partial charge in [0.05, 0.1) is 5.75 Å². The molecule has 0 saturated carbocycles. The van der Waals surface area contributed by atoms with Gasteiger partial charge in [0.25, 0.3) is 0 Å². The number of hydrogen-bond donors (Lipinski definition) is 1. The van der Waals surface area contributed by atoms with Crippen LogP contribution < -0.4 is 0 Å². The first kappa shape index (κ1) is 15.5. The van der Waals surface area contributed by atoms with E-state index in [1.165, 1.54) is 0 Å². The molecule has 5 nitrogen and oxygen atoms in total. The van der Waals surface area contributed by atoms with E-state index in [2.05, 4.69) is 9.97 Å². The summed E-state index contributed by atoms with van der Waals surface area (Å²) in [6.07, 6.45) is 5.11. The maximum absolute atomic E-state index is 12.5. The van der Waals surface area contributed by atoms with Crippen LogP contribution in [0.2, 0.25) is 5.02 Å². The molecule has 0 bridgehead atoms. The van der Waals surface area contributed by atoms with Gasteiger partial charge in [-0.1, -0.05) is 29.8 Å². The third-order valence-electron chi connectivity index (χ3n) is 4.05. The third-order valence-corrected chi connectivity index (χ3v) is 6.25. The zero-order chi connectivity index (χ0) is 15.6. The van der Waals surface area contributed by atoms with Crippen LogP contribution in [0.1, 0.15) is 30.1 Å². The monoisotopic (exact) mass is 339 g/mol. The van der Waals surface area contributed by atoms with Crippen molar-refractivity contribution in [2.24, 2.45) is 0 Å². The van der Waals surface area contributed by atoms with E-state index in [4.69, 9.17) is 11.6 Å². The Morgan fingerprint density at radius 3 is 2.64 bits per heavy atom. The van der Waals surface area contributed by atoms with E-state index in [9.17, 15) is 8.42 Å². The van der Waals surface area contributed by atoms with Crippen LogP contribution in [-0.4, -0.2) is 35.8 Å². The largest absolute Gasteiger partial charge is 0.348 e. The van der Waals surface area contributed by atoms with Crippen LogP contribution in [0.3, 0.4) is 0 Å². The van der Waals surface area contributed by atoms with Crippen molar-refractivity contribution in [1.29, 1.82) is 0 Å². The van der Waals surface area contributed by atoms with E-state index in [0.29, 0.717) is 29.6 Å². The second-order valence-corrected chi connectivity index (χ2v) is 7.87. The molecule has 1 N–H and O–H groups in total. The molecule has 0 aliphatic carbocycles. The Hall–Kier alpha value is -1.37. The Balaban J connectivity index is 1.66. The molecule has 0 radical (unpaired) electrons. The predicted molar refractivity (Wildman–Crippen MR) is 86.2 cm³/mol. The molecule has 2 aromatic rings. The summed E-state index contributed by atoms with van der Waals surface area (Å²) in [6, 6.07) is 7.08. The molecule has 3 rings (SSSR count). The number of halogens is 1. The molecule has 1 saturated heterocycles. The quantitative estimate of drug-likeness (QED) is 0.931. The van der Waals surface area contributed by atoms with Crippen LogP contribution in [0, 0.1) is 0 Å². The fourth-order valence-electron chi connectivity index (χ4n) is 2.81. The van der Waals surface area contributed by atoms with Crippen LogP contribution in [0.4, 0.5) is 0 Å². The molecule has 1 aliphatic heterocycles. The van der Waals surface area contributed by atoms with Crippen LogP contribution in [0.25, 0.3) is 0 Å². The van der Waals surface area contributed by atoms with Gasteiger partial charge in [0, 0.05) is 36.4 Å². The lowest BCUT2D eigenvalue weighted by molar-refractivity contribution is 0.314. The van der Waals surface area contributed by atoms with Crippen molar-refractivity contribution < 1.29 is 8.42 Å². The Morgan fingerprint density at radius 1 is 1.27 bits per heavy atom. The van der Waals surface area contributed by atoms with Gasteiger partial charge in [0.2, 0.25) is 10.0 Å². The lowest BCUT2D eigenvalue weighted by Crippen LogP contribution is -2.38. The Labute approximate surface area is 135 Å². The molecule has 22 heavy (non-hydrogen) atoms. The first-order chi connectivity index (χ1) is 10.6. The Morgan fingerprint density at radius 2 is 2.00 bits per heavy atom. The summed E-state index contributed by atoms with van der Waals surface area (Å²) < 4.78 is 26.7. The smallest absolute Gasteiger partial charge is 0.218 e. The molecule has 7 heteroatoms. The predicted octanol–water partition coefficient (Wildman–Crippen LogP) is 2.77. The summed E-state index contributed by atoms with van der Waals surface area (Å²) >= 11 is 6.06. The van der Waals surface area contributed by atoms with E-state index in [-0.39, 0.29) is 5.75 Å². The number of sulfonamides is 1. The standard InChI is InChI=1S/C15H18ClN3O2S/c16-14-4-2-1-3-13(14)11-22(20,21)19-9-5-12(6-10-19)15-17-7-8-18-15/h1-4,7-8,12H,5-6,9-11H2,(H,17,18). The molecular formula is C15H18ClN3O2S. The molecule has 0 amide bonds. The number of aromatic nitrogens is 2. The highest BCUT2D eigenvalue weighted by Gasteiger charge is 2.29. The van der Waals surface area contributed by atoms with Gasteiger partial charge in [-0.25, -0.2) is 17.7 Å². The minimum Gasteiger partial charge on any atom is -0.348 e. The van der Waals surface area contributed by atoms with Crippen LogP contribution in [0.15, 0.2) is 36.7 Å². The normalized spacial score (nSPS) is 17.7. The highest BCUT2D eigenvalue weighted by molar-refractivity contribution is 7.88. The lowest BCUT2D eigenvalue weighted by atomic mass is 9.98. The summed E-state index contributed by atoms with van der Waals surface area (Å²) in [6.45, 7) is 1.05. The van der Waals surface area contributed by atoms with E-state index in [1.807, 2.05) is 0 Å². The number of piperidine rings is 1. The number of hydrogen-bond acceptors (Lipinski definition) is 3. The van der Waals surface area contributed by atoms with Crippen molar-refractivity contribution in [2.45, 2.75) is 24.5 Å². The highest BCUT2D eigenvalue weighted by atomic mass is 35.5. The molecule has 0 atom stereocenters. The average Bonchev–Trinajstić information content (AvgIpc) is 3.04. The summed E-state index contributed by atoms with van der Waals surface area (Å²) in [5, 5.41) is 0.497. The third kappa shape index (κ3) is 3.34. The summed E-state index contributed by atoms with van der Waals surface area (Å²) in [5.74, 6) is 1.21. The van der Waals surface area contributed by atoms with Gasteiger partial charge in [0.1, 0.15) is 5.82 Å². The lowest BCUT2D eigenvalue weighted by Gasteiger charge is -2.30. The molecule has 2 heterocycles. The molecule has 1 aliphatic rings. The molecule has 1 aromatic carbocycles. The van der Waals surface area contributed by atoms with Crippen molar-refractivity contribution >= 4 is 21.6 Å². The fraction of sp³-hybridized carbons (Fsp3) is 0.400. The average molecular weight is 340 g/mol. The van der Waals surface area contributed by atoms with Crippen LogP contribution >= 0.6 is 11.6 Å². The van der Waals surface area contributed by atoms with Gasteiger partial charge in [-0.3, -0.25) is 0 Å². The fourth-order valence-corrected chi connectivity index (χ4v) is 4.69. The van der Waals surface area contributed by atoms with Crippen LogP contribution in [0.5, 0.6) is 0 Å². The maximum atomic E-state index is 12.5. The second kappa shape index (κ2) is 6.40. The first-order valence-corrected chi connectivity index (χ1v) is 9.25. The van der Waals surface area contributed by atoms with Gasteiger partial charge in [-0.15, -0.1) is 0 Å². The van der Waals surface area contributed by atoms with Gasteiger partial charge < -0.3 is 4.98 Å². The number of imidazole rings is 1. The number of aromatic amines is 1. The topological polar surface area (TPSA) is 66.1 Å². The maximum Gasteiger partial charge on any atom is 0.218 e.